The number of aromatic nitrogens is 2. The maximum atomic E-state index is 12.9. The zero-order valence-corrected chi connectivity index (χ0v) is 13.9. The zero-order valence-electron chi connectivity index (χ0n) is 13.1. The number of rotatable bonds is 2. The van der Waals surface area contributed by atoms with Gasteiger partial charge in [-0.25, -0.2) is 4.98 Å². The molecule has 0 spiro atoms. The summed E-state index contributed by atoms with van der Waals surface area (Å²) >= 11 is 6.17. The molecular formula is C17H18ClN3O2. The molecule has 3 rings (SSSR count). The number of carbonyl (C=O) groups is 1. The van der Waals surface area contributed by atoms with Crippen molar-refractivity contribution in [1.29, 1.82) is 0 Å². The van der Waals surface area contributed by atoms with Crippen LogP contribution in [0.3, 0.4) is 0 Å². The maximum absolute atomic E-state index is 12.9. The molecule has 1 amide bonds. The van der Waals surface area contributed by atoms with Crippen LogP contribution in [-0.4, -0.2) is 27.3 Å². The number of aromatic amines is 1. The Morgan fingerprint density at radius 3 is 2.83 bits per heavy atom. The molecule has 0 unspecified atom stereocenters. The fourth-order valence-corrected chi connectivity index (χ4v) is 3.37. The largest absolute Gasteiger partial charge is 0.326 e. The number of nitrogens with one attached hydrogen (secondary N) is 1. The number of amides is 1. The van der Waals surface area contributed by atoms with Crippen LogP contribution in [0.25, 0.3) is 0 Å². The van der Waals surface area contributed by atoms with Crippen molar-refractivity contribution < 1.29 is 4.79 Å². The third-order valence-corrected chi connectivity index (χ3v) is 4.70. The molecule has 23 heavy (non-hydrogen) atoms. The van der Waals surface area contributed by atoms with Crippen molar-refractivity contribution in [1.82, 2.24) is 14.9 Å². The predicted molar refractivity (Wildman–Crippen MR) is 88.7 cm³/mol. The number of H-pyrrole nitrogens is 1. The second kappa shape index (κ2) is 5.81. The van der Waals surface area contributed by atoms with E-state index >= 15 is 0 Å². The van der Waals surface area contributed by atoms with Gasteiger partial charge in [-0.15, -0.1) is 0 Å². The Morgan fingerprint density at radius 1 is 1.39 bits per heavy atom. The highest BCUT2D eigenvalue weighted by molar-refractivity contribution is 6.33. The first-order valence-electron chi connectivity index (χ1n) is 7.57. The second-order valence-electron chi connectivity index (χ2n) is 6.05. The number of nitrogens with zero attached hydrogens (tertiary/aromatic N) is 2. The van der Waals surface area contributed by atoms with Gasteiger partial charge in [-0.3, -0.25) is 9.59 Å². The van der Waals surface area contributed by atoms with Gasteiger partial charge >= 0.3 is 0 Å². The van der Waals surface area contributed by atoms with Gasteiger partial charge in [0.2, 0.25) is 0 Å². The van der Waals surface area contributed by atoms with Crippen LogP contribution < -0.4 is 5.56 Å². The molecule has 6 heteroatoms. The van der Waals surface area contributed by atoms with E-state index in [1.165, 1.54) is 6.07 Å². The zero-order chi connectivity index (χ0) is 16.6. The Bertz CT molecular complexity index is 817. The Balaban J connectivity index is 2.04. The summed E-state index contributed by atoms with van der Waals surface area (Å²) in [6.45, 7) is 4.32. The standard InChI is InChI=1S/C17H18ClN3O2/c1-11-10-14(22)20-16(19-11)17(2)8-5-9-21(17)15(23)12-6-3-4-7-13(12)18/h3-4,6-7,10H,5,8-9H2,1-2H3,(H,19,20,22)/t17-/m0/s1. The van der Waals surface area contributed by atoms with Crippen molar-refractivity contribution in [2.24, 2.45) is 0 Å². The summed E-state index contributed by atoms with van der Waals surface area (Å²) in [7, 11) is 0. The molecule has 2 aromatic rings. The third-order valence-electron chi connectivity index (χ3n) is 4.37. The molecular weight excluding hydrogens is 314 g/mol. The summed E-state index contributed by atoms with van der Waals surface area (Å²) in [5.74, 6) is 0.389. The van der Waals surface area contributed by atoms with Gasteiger partial charge in [0.1, 0.15) is 5.82 Å². The quantitative estimate of drug-likeness (QED) is 0.920. The molecule has 0 aliphatic carbocycles. The number of hydrogen-bond donors (Lipinski definition) is 1. The van der Waals surface area contributed by atoms with Gasteiger partial charge in [-0.2, -0.15) is 0 Å². The van der Waals surface area contributed by atoms with Crippen LogP contribution in [0.4, 0.5) is 0 Å². The van der Waals surface area contributed by atoms with Gasteiger partial charge in [-0.1, -0.05) is 23.7 Å². The summed E-state index contributed by atoms with van der Waals surface area (Å²) in [5.41, 5.74) is 0.270. The lowest BCUT2D eigenvalue weighted by Crippen LogP contribution is -2.45. The Morgan fingerprint density at radius 2 is 2.13 bits per heavy atom. The highest BCUT2D eigenvalue weighted by Gasteiger charge is 2.43. The van der Waals surface area contributed by atoms with Gasteiger partial charge in [0.25, 0.3) is 11.5 Å². The minimum atomic E-state index is -0.637. The van der Waals surface area contributed by atoms with Crippen LogP contribution >= 0.6 is 11.6 Å². The van der Waals surface area contributed by atoms with Gasteiger partial charge in [0.15, 0.2) is 0 Å². The first-order chi connectivity index (χ1) is 10.9. The molecule has 2 heterocycles. The molecule has 120 valence electrons. The summed E-state index contributed by atoms with van der Waals surface area (Å²) < 4.78 is 0. The smallest absolute Gasteiger partial charge is 0.256 e. The van der Waals surface area contributed by atoms with E-state index in [4.69, 9.17) is 11.6 Å². The van der Waals surface area contributed by atoms with E-state index in [2.05, 4.69) is 9.97 Å². The molecule has 1 aliphatic heterocycles. The molecule has 0 saturated carbocycles. The Labute approximate surface area is 139 Å². The molecule has 1 fully saturated rings. The number of aryl methyl sites for hydroxylation is 1. The van der Waals surface area contributed by atoms with E-state index in [0.717, 1.165) is 12.8 Å². The molecule has 5 nitrogen and oxygen atoms in total. The van der Waals surface area contributed by atoms with E-state index in [1.807, 2.05) is 6.92 Å². The summed E-state index contributed by atoms with van der Waals surface area (Å²) in [5, 5.41) is 0.428. The monoisotopic (exact) mass is 331 g/mol. The predicted octanol–water partition coefficient (Wildman–Crippen LogP) is 2.88. The van der Waals surface area contributed by atoms with Gasteiger partial charge in [0.05, 0.1) is 16.1 Å². The first kappa shape index (κ1) is 15.7. The molecule has 1 N–H and O–H groups in total. The van der Waals surface area contributed by atoms with Crippen molar-refractivity contribution >= 4 is 17.5 Å². The maximum Gasteiger partial charge on any atom is 0.256 e. The van der Waals surface area contributed by atoms with Crippen molar-refractivity contribution in [2.45, 2.75) is 32.2 Å². The molecule has 0 bridgehead atoms. The Hall–Kier alpha value is -2.14. The van der Waals surface area contributed by atoms with Crippen molar-refractivity contribution in [2.75, 3.05) is 6.54 Å². The summed E-state index contributed by atoms with van der Waals surface area (Å²) in [6, 6.07) is 8.45. The molecule has 1 atom stereocenters. The molecule has 1 aromatic carbocycles. The number of likely N-dealkylation sites (tertiary alicyclic amines) is 1. The van der Waals surface area contributed by atoms with E-state index in [-0.39, 0.29) is 11.5 Å². The molecule has 1 saturated heterocycles. The molecule has 0 radical (unpaired) electrons. The SMILES string of the molecule is Cc1cc(=O)[nH]c([C@]2(C)CCCN2C(=O)c2ccccc2Cl)n1. The average Bonchev–Trinajstić information content (AvgIpc) is 2.89. The third kappa shape index (κ3) is 2.77. The van der Waals surface area contributed by atoms with Crippen LogP contribution in [0.5, 0.6) is 0 Å². The summed E-state index contributed by atoms with van der Waals surface area (Å²) in [4.78, 5) is 33.7. The van der Waals surface area contributed by atoms with Crippen molar-refractivity contribution in [3.8, 4) is 0 Å². The van der Waals surface area contributed by atoms with E-state index < -0.39 is 5.54 Å². The summed E-state index contributed by atoms with van der Waals surface area (Å²) in [6.07, 6.45) is 1.60. The lowest BCUT2D eigenvalue weighted by molar-refractivity contribution is 0.0603. The van der Waals surface area contributed by atoms with Gasteiger partial charge in [0, 0.05) is 18.3 Å². The molecule has 1 aromatic heterocycles. The number of carbonyl (C=O) groups excluding carboxylic acids is 1. The van der Waals surface area contributed by atoms with E-state index in [0.29, 0.717) is 28.6 Å². The normalized spacial score (nSPS) is 20.7. The number of halogens is 1. The van der Waals surface area contributed by atoms with Crippen LogP contribution in [-0.2, 0) is 5.54 Å². The van der Waals surface area contributed by atoms with Crippen LogP contribution in [0.2, 0.25) is 5.02 Å². The number of hydrogen-bond acceptors (Lipinski definition) is 3. The second-order valence-corrected chi connectivity index (χ2v) is 6.46. The highest BCUT2D eigenvalue weighted by atomic mass is 35.5. The minimum absolute atomic E-state index is 0.139. The molecule has 1 aliphatic rings. The Kier molecular flexibility index (Phi) is 3.98. The van der Waals surface area contributed by atoms with Gasteiger partial charge in [-0.05, 0) is 38.8 Å². The van der Waals surface area contributed by atoms with Crippen LogP contribution in [0.15, 0.2) is 35.1 Å². The van der Waals surface area contributed by atoms with Gasteiger partial charge < -0.3 is 9.88 Å². The lowest BCUT2D eigenvalue weighted by atomic mass is 9.96. The van der Waals surface area contributed by atoms with E-state index in [1.54, 1.807) is 36.1 Å². The van der Waals surface area contributed by atoms with E-state index in [9.17, 15) is 9.59 Å². The lowest BCUT2D eigenvalue weighted by Gasteiger charge is -2.34. The fourth-order valence-electron chi connectivity index (χ4n) is 3.15. The van der Waals surface area contributed by atoms with Crippen LogP contribution in [0, 0.1) is 6.92 Å². The highest BCUT2D eigenvalue weighted by Crippen LogP contribution is 2.38. The fraction of sp³-hybridized carbons (Fsp3) is 0.353. The first-order valence-corrected chi connectivity index (χ1v) is 7.94. The topological polar surface area (TPSA) is 66.1 Å². The average molecular weight is 332 g/mol. The van der Waals surface area contributed by atoms with Crippen molar-refractivity contribution in [3.63, 3.8) is 0 Å². The number of benzene rings is 1. The minimum Gasteiger partial charge on any atom is -0.326 e. The van der Waals surface area contributed by atoms with Crippen molar-refractivity contribution in [3.05, 3.63) is 62.8 Å². The van der Waals surface area contributed by atoms with Crippen LogP contribution in [0.1, 0.15) is 41.6 Å².